The minimum Gasteiger partial charge on any atom is -0.379 e. The van der Waals surface area contributed by atoms with Crippen LogP contribution in [0.15, 0.2) is 0 Å². The lowest BCUT2D eigenvalue weighted by molar-refractivity contribution is 0.153. The molecule has 0 aromatic carbocycles. The number of halogens is 1. The van der Waals surface area contributed by atoms with E-state index in [-0.39, 0.29) is 5.54 Å². The zero-order chi connectivity index (χ0) is 9.31. The number of hydrogen-bond donors (Lipinski definition) is 0. The van der Waals surface area contributed by atoms with E-state index in [9.17, 15) is 0 Å². The maximum atomic E-state index is 5.71. The molecule has 1 unspecified atom stereocenters. The van der Waals surface area contributed by atoms with Crippen LogP contribution < -0.4 is 0 Å². The monoisotopic (exact) mass is 202 g/mol. The van der Waals surface area contributed by atoms with Crippen LogP contribution in [0.5, 0.6) is 0 Å². The van der Waals surface area contributed by atoms with Crippen LogP contribution in [-0.4, -0.2) is 33.4 Å². The summed E-state index contributed by atoms with van der Waals surface area (Å²) in [5, 5.41) is 11.4. The average molecular weight is 203 g/mol. The van der Waals surface area contributed by atoms with E-state index >= 15 is 0 Å². The molecule has 2 rings (SSSR count). The molecular weight excluding hydrogens is 192 g/mol. The van der Waals surface area contributed by atoms with Gasteiger partial charge < -0.3 is 4.74 Å². The second kappa shape index (κ2) is 3.23. The average Bonchev–Trinajstić information content (AvgIpc) is 2.72. The second-order valence-corrected chi connectivity index (χ2v) is 3.71. The Morgan fingerprint density at radius 2 is 2.54 bits per heavy atom. The van der Waals surface area contributed by atoms with Crippen molar-refractivity contribution in [2.45, 2.75) is 24.8 Å². The van der Waals surface area contributed by atoms with Gasteiger partial charge >= 0.3 is 0 Å². The van der Waals surface area contributed by atoms with Gasteiger partial charge in [-0.1, -0.05) is 0 Å². The minimum absolute atomic E-state index is 0.117. The van der Waals surface area contributed by atoms with Crippen LogP contribution in [0.1, 0.15) is 19.2 Å². The molecule has 0 aliphatic carbocycles. The van der Waals surface area contributed by atoms with Gasteiger partial charge in [0.25, 0.3) is 0 Å². The van der Waals surface area contributed by atoms with Crippen molar-refractivity contribution in [3.05, 3.63) is 5.82 Å². The second-order valence-electron chi connectivity index (χ2n) is 3.44. The molecule has 1 fully saturated rings. The Morgan fingerprint density at radius 3 is 3.15 bits per heavy atom. The number of ether oxygens (including phenoxy) is 1. The van der Waals surface area contributed by atoms with Gasteiger partial charge in [0.15, 0.2) is 5.82 Å². The number of hydrogen-bond acceptors (Lipinski definition) is 4. The Kier molecular flexibility index (Phi) is 2.21. The summed E-state index contributed by atoms with van der Waals surface area (Å²) in [5.74, 6) is 1.04. The van der Waals surface area contributed by atoms with E-state index in [4.69, 9.17) is 16.3 Å². The summed E-state index contributed by atoms with van der Waals surface area (Å²) in [6, 6.07) is 0. The predicted molar refractivity (Wildman–Crippen MR) is 46.5 cm³/mol. The Morgan fingerprint density at radius 1 is 1.69 bits per heavy atom. The third-order valence-electron chi connectivity index (χ3n) is 2.36. The van der Waals surface area contributed by atoms with Gasteiger partial charge in [-0.25, -0.2) is 4.68 Å². The van der Waals surface area contributed by atoms with Crippen LogP contribution in [0.3, 0.4) is 0 Å². The number of nitrogens with zero attached hydrogens (tertiary/aromatic N) is 4. The van der Waals surface area contributed by atoms with E-state index in [1.807, 2.05) is 0 Å². The zero-order valence-corrected chi connectivity index (χ0v) is 8.16. The van der Waals surface area contributed by atoms with Crippen molar-refractivity contribution < 1.29 is 4.74 Å². The summed E-state index contributed by atoms with van der Waals surface area (Å²) in [6.45, 7) is 3.49. The highest BCUT2D eigenvalue weighted by Crippen LogP contribution is 2.26. The smallest absolute Gasteiger partial charge is 0.166 e. The normalized spacial score (nSPS) is 28.2. The lowest BCUT2D eigenvalue weighted by Gasteiger charge is -2.22. The Labute approximate surface area is 81.0 Å². The van der Waals surface area contributed by atoms with Crippen molar-refractivity contribution in [1.82, 2.24) is 20.2 Å². The summed E-state index contributed by atoms with van der Waals surface area (Å²) in [4.78, 5) is 0. The molecule has 1 aromatic heterocycles. The van der Waals surface area contributed by atoms with Crippen LogP contribution in [0.4, 0.5) is 0 Å². The van der Waals surface area contributed by atoms with Crippen molar-refractivity contribution in [2.24, 2.45) is 0 Å². The van der Waals surface area contributed by atoms with E-state index in [0.717, 1.165) is 13.0 Å². The van der Waals surface area contributed by atoms with Gasteiger partial charge in [-0.15, -0.1) is 16.7 Å². The van der Waals surface area contributed by atoms with Crippen molar-refractivity contribution in [3.63, 3.8) is 0 Å². The standard InChI is InChI=1S/C7H11ClN4O/c1-7(2-3-13-5-7)12-6(4-8)9-10-11-12/h2-5H2,1H3. The number of tetrazole rings is 1. The van der Waals surface area contributed by atoms with Crippen LogP contribution >= 0.6 is 11.6 Å². The number of alkyl halides is 1. The van der Waals surface area contributed by atoms with E-state index in [0.29, 0.717) is 18.3 Å². The molecule has 0 bridgehead atoms. The molecular formula is C7H11ClN4O. The maximum Gasteiger partial charge on any atom is 0.166 e. The molecule has 6 heteroatoms. The van der Waals surface area contributed by atoms with E-state index in [2.05, 4.69) is 22.4 Å². The van der Waals surface area contributed by atoms with E-state index < -0.39 is 0 Å². The largest absolute Gasteiger partial charge is 0.379 e. The molecule has 72 valence electrons. The topological polar surface area (TPSA) is 52.8 Å². The Balaban J connectivity index is 2.32. The first kappa shape index (κ1) is 8.90. The van der Waals surface area contributed by atoms with Crippen LogP contribution in [-0.2, 0) is 16.2 Å². The molecule has 1 atom stereocenters. The molecule has 0 spiro atoms. The van der Waals surface area contributed by atoms with Gasteiger partial charge in [-0.2, -0.15) is 0 Å². The molecule has 0 saturated carbocycles. The fourth-order valence-electron chi connectivity index (χ4n) is 1.53. The molecule has 0 radical (unpaired) electrons. The Hall–Kier alpha value is -0.680. The molecule has 2 heterocycles. The van der Waals surface area contributed by atoms with Crippen molar-refractivity contribution in [1.29, 1.82) is 0 Å². The zero-order valence-electron chi connectivity index (χ0n) is 7.40. The van der Waals surface area contributed by atoms with Gasteiger partial charge in [0.2, 0.25) is 0 Å². The lowest BCUT2D eigenvalue weighted by Crippen LogP contribution is -2.33. The predicted octanol–water partition coefficient (Wildman–Crippen LogP) is 0.547. The van der Waals surface area contributed by atoms with Crippen LogP contribution in [0.25, 0.3) is 0 Å². The lowest BCUT2D eigenvalue weighted by atomic mass is 10.0. The highest BCUT2D eigenvalue weighted by molar-refractivity contribution is 6.16. The highest BCUT2D eigenvalue weighted by atomic mass is 35.5. The van der Waals surface area contributed by atoms with Gasteiger partial charge in [-0.3, -0.25) is 0 Å². The molecule has 0 amide bonds. The van der Waals surface area contributed by atoms with E-state index in [1.54, 1.807) is 4.68 Å². The quantitative estimate of drug-likeness (QED) is 0.658. The summed E-state index contributed by atoms with van der Waals surface area (Å²) in [7, 11) is 0. The molecule has 5 nitrogen and oxygen atoms in total. The SMILES string of the molecule is CC1(n2nnnc2CCl)CCOC1. The molecule has 1 aliphatic heterocycles. The third kappa shape index (κ3) is 1.42. The maximum absolute atomic E-state index is 5.71. The van der Waals surface area contributed by atoms with Crippen LogP contribution in [0.2, 0.25) is 0 Å². The first-order valence-corrected chi connectivity index (χ1v) is 4.71. The minimum atomic E-state index is -0.117. The van der Waals surface area contributed by atoms with Gasteiger partial charge in [0, 0.05) is 6.61 Å². The fraction of sp³-hybridized carbons (Fsp3) is 0.857. The first-order chi connectivity index (χ1) is 6.26. The van der Waals surface area contributed by atoms with Gasteiger partial charge in [0.05, 0.1) is 18.0 Å². The van der Waals surface area contributed by atoms with Crippen molar-refractivity contribution >= 4 is 11.6 Å². The molecule has 1 aliphatic rings. The van der Waals surface area contributed by atoms with E-state index in [1.165, 1.54) is 0 Å². The molecule has 1 saturated heterocycles. The molecule has 1 aromatic rings. The third-order valence-corrected chi connectivity index (χ3v) is 2.60. The van der Waals surface area contributed by atoms with Crippen molar-refractivity contribution in [2.75, 3.05) is 13.2 Å². The van der Waals surface area contributed by atoms with Crippen molar-refractivity contribution in [3.8, 4) is 0 Å². The van der Waals surface area contributed by atoms with Gasteiger partial charge in [-0.05, 0) is 23.8 Å². The summed E-state index contributed by atoms with van der Waals surface area (Å²) < 4.78 is 7.09. The fourth-order valence-corrected chi connectivity index (χ4v) is 1.70. The molecule has 0 N–H and O–H groups in total. The summed E-state index contributed by atoms with van der Waals surface area (Å²) in [5.41, 5.74) is -0.117. The van der Waals surface area contributed by atoms with Crippen LogP contribution in [0, 0.1) is 0 Å². The summed E-state index contributed by atoms with van der Waals surface area (Å²) in [6.07, 6.45) is 0.932. The first-order valence-electron chi connectivity index (χ1n) is 4.18. The Bertz CT molecular complexity index is 294. The molecule has 13 heavy (non-hydrogen) atoms. The number of rotatable bonds is 2. The number of aromatic nitrogens is 4. The van der Waals surface area contributed by atoms with Gasteiger partial charge in [0.1, 0.15) is 0 Å². The highest BCUT2D eigenvalue weighted by Gasteiger charge is 2.34. The summed E-state index contributed by atoms with van der Waals surface area (Å²) >= 11 is 5.71.